The lowest BCUT2D eigenvalue weighted by Gasteiger charge is -2.11. The average molecular weight is 435 g/mol. The number of benzene rings is 2. The van der Waals surface area contributed by atoms with Crippen molar-refractivity contribution < 1.29 is 9.35 Å². The number of halogens is 3. The van der Waals surface area contributed by atoms with Gasteiger partial charge in [0.2, 0.25) is 5.91 Å². The van der Waals surface area contributed by atoms with Gasteiger partial charge >= 0.3 is 0 Å². The van der Waals surface area contributed by atoms with Gasteiger partial charge in [-0.2, -0.15) is 0 Å². The molecule has 0 heterocycles. The smallest absolute Gasteiger partial charge is 0.224 e. The molecule has 0 spiro atoms. The third-order valence-electron chi connectivity index (χ3n) is 3.03. The maximum Gasteiger partial charge on any atom is 0.224 e. The van der Waals surface area contributed by atoms with Crippen molar-refractivity contribution in [2.24, 2.45) is 0 Å². The van der Waals surface area contributed by atoms with Gasteiger partial charge in [-0.25, -0.2) is 0 Å². The Kier molecular flexibility index (Phi) is 7.24. The zero-order chi connectivity index (χ0) is 16.8. The predicted molar refractivity (Wildman–Crippen MR) is 98.6 cm³/mol. The van der Waals surface area contributed by atoms with Crippen molar-refractivity contribution in [2.45, 2.75) is 11.3 Å². The summed E-state index contributed by atoms with van der Waals surface area (Å²) in [7, 11) is 0. The predicted octanol–water partition coefficient (Wildman–Crippen LogP) is 4.22. The first-order chi connectivity index (χ1) is 11.0. The van der Waals surface area contributed by atoms with E-state index in [1.54, 1.807) is 30.3 Å². The summed E-state index contributed by atoms with van der Waals surface area (Å²) < 4.78 is 13.0. The van der Waals surface area contributed by atoms with E-state index in [2.05, 4.69) is 21.2 Å². The van der Waals surface area contributed by atoms with Crippen LogP contribution in [0.3, 0.4) is 0 Å². The largest absolute Gasteiger partial charge is 0.611 e. The molecule has 0 aliphatic heterocycles. The van der Waals surface area contributed by atoms with Crippen LogP contribution in [0, 0.1) is 0 Å². The zero-order valence-electron chi connectivity index (χ0n) is 12.0. The van der Waals surface area contributed by atoms with Crippen molar-refractivity contribution in [1.29, 1.82) is 0 Å². The average Bonchev–Trinajstić information content (AvgIpc) is 2.51. The van der Waals surface area contributed by atoms with Crippen LogP contribution in [-0.2, 0) is 22.4 Å². The molecule has 3 nitrogen and oxygen atoms in total. The fraction of sp³-hybridized carbons (Fsp3) is 0.188. The lowest BCUT2D eigenvalue weighted by molar-refractivity contribution is -0.120. The molecule has 1 unspecified atom stereocenters. The molecule has 0 saturated heterocycles. The maximum atomic E-state index is 12.1. The minimum Gasteiger partial charge on any atom is -0.611 e. The minimum absolute atomic E-state index is 0.142. The van der Waals surface area contributed by atoms with Crippen molar-refractivity contribution in [3.63, 3.8) is 0 Å². The Morgan fingerprint density at radius 1 is 1.13 bits per heavy atom. The molecule has 2 aromatic rings. The Bertz CT molecular complexity index is 682. The summed E-state index contributed by atoms with van der Waals surface area (Å²) in [6.45, 7) is 0.350. The fourth-order valence-electron chi connectivity index (χ4n) is 1.88. The van der Waals surface area contributed by atoms with Crippen molar-refractivity contribution in [3.8, 4) is 0 Å². The second-order valence-corrected chi connectivity index (χ2v) is 8.08. The topological polar surface area (TPSA) is 52.2 Å². The van der Waals surface area contributed by atoms with Gasteiger partial charge in [0.1, 0.15) is 5.75 Å². The molecular weight excluding hydrogens is 421 g/mol. The number of hydrogen-bond donors (Lipinski definition) is 1. The summed E-state index contributed by atoms with van der Waals surface area (Å²) in [5.41, 5.74) is 0.783. The van der Waals surface area contributed by atoms with Crippen LogP contribution in [0.2, 0.25) is 10.0 Å². The lowest BCUT2D eigenvalue weighted by atomic mass is 10.1. The van der Waals surface area contributed by atoms with E-state index in [9.17, 15) is 9.35 Å². The molecule has 0 aliphatic rings. The van der Waals surface area contributed by atoms with Gasteiger partial charge in [-0.15, -0.1) is 0 Å². The van der Waals surface area contributed by atoms with E-state index in [-0.39, 0.29) is 12.3 Å². The van der Waals surface area contributed by atoms with Gasteiger partial charge in [0, 0.05) is 4.47 Å². The van der Waals surface area contributed by atoms with E-state index in [0.717, 1.165) is 14.9 Å². The third kappa shape index (κ3) is 6.01. The molecule has 23 heavy (non-hydrogen) atoms. The van der Waals surface area contributed by atoms with Gasteiger partial charge in [-0.3, -0.25) is 4.79 Å². The molecule has 122 valence electrons. The van der Waals surface area contributed by atoms with Crippen molar-refractivity contribution in [2.75, 3.05) is 12.3 Å². The Hall–Kier alpha value is -0.720. The first-order valence-corrected chi connectivity index (χ1v) is 9.67. The first kappa shape index (κ1) is 18.6. The van der Waals surface area contributed by atoms with Crippen molar-refractivity contribution >= 4 is 56.2 Å². The van der Waals surface area contributed by atoms with Crippen LogP contribution in [0.4, 0.5) is 0 Å². The molecule has 7 heteroatoms. The van der Waals surface area contributed by atoms with E-state index < -0.39 is 11.2 Å². The Morgan fingerprint density at radius 2 is 1.83 bits per heavy atom. The number of hydrogen-bond acceptors (Lipinski definition) is 2. The normalized spacial score (nSPS) is 12.0. The van der Waals surface area contributed by atoms with Gasteiger partial charge in [-0.1, -0.05) is 45.2 Å². The Balaban J connectivity index is 1.78. The van der Waals surface area contributed by atoms with Crippen LogP contribution in [0.15, 0.2) is 51.8 Å². The summed E-state index contributed by atoms with van der Waals surface area (Å²) >= 11 is 13.9. The number of rotatable bonds is 6. The Labute approximate surface area is 156 Å². The summed E-state index contributed by atoms with van der Waals surface area (Å²) in [6.07, 6.45) is 0.210. The zero-order valence-corrected chi connectivity index (χ0v) is 15.9. The summed E-state index contributed by atoms with van der Waals surface area (Å²) in [5, 5.41) is 3.64. The summed E-state index contributed by atoms with van der Waals surface area (Å²) in [5.74, 6) is 0.227. The van der Waals surface area contributed by atoms with Gasteiger partial charge < -0.3 is 9.87 Å². The minimum atomic E-state index is -1.14. The van der Waals surface area contributed by atoms with E-state index >= 15 is 0 Å². The van der Waals surface area contributed by atoms with E-state index in [1.807, 2.05) is 12.1 Å². The number of nitrogens with one attached hydrogen (secondary N) is 1. The molecule has 0 bridgehead atoms. The lowest BCUT2D eigenvalue weighted by Crippen LogP contribution is -2.30. The highest BCUT2D eigenvalue weighted by Gasteiger charge is 2.11. The molecular formula is C16H14BrCl2NO2S. The highest BCUT2D eigenvalue weighted by molar-refractivity contribution is 9.10. The molecule has 0 saturated carbocycles. The van der Waals surface area contributed by atoms with Crippen LogP contribution in [0.25, 0.3) is 0 Å². The molecule has 1 N–H and O–H groups in total. The maximum absolute atomic E-state index is 12.1. The quantitative estimate of drug-likeness (QED) is 0.691. The molecule has 0 fully saturated rings. The second-order valence-electron chi connectivity index (χ2n) is 4.78. The standard InChI is InChI=1S/C16H14BrCl2NO2S/c17-12-2-4-13(5-3-12)23(22)8-7-20-16(21)10-11-1-6-14(18)15(19)9-11/h1-6,9H,7-8,10H2,(H,20,21). The van der Waals surface area contributed by atoms with Crippen LogP contribution < -0.4 is 5.32 Å². The molecule has 1 amide bonds. The molecule has 2 rings (SSSR count). The van der Waals surface area contributed by atoms with Crippen molar-refractivity contribution in [3.05, 3.63) is 62.5 Å². The van der Waals surface area contributed by atoms with Crippen LogP contribution in [0.5, 0.6) is 0 Å². The van der Waals surface area contributed by atoms with Crippen LogP contribution in [0.1, 0.15) is 5.56 Å². The number of carbonyl (C=O) groups is 1. The van der Waals surface area contributed by atoms with E-state index in [4.69, 9.17) is 23.2 Å². The number of amides is 1. The highest BCUT2D eigenvalue weighted by atomic mass is 79.9. The van der Waals surface area contributed by atoms with Crippen LogP contribution >= 0.6 is 39.1 Å². The van der Waals surface area contributed by atoms with Crippen molar-refractivity contribution in [1.82, 2.24) is 5.32 Å². The second kappa shape index (κ2) is 8.94. The van der Waals surface area contributed by atoms with E-state index in [0.29, 0.717) is 22.3 Å². The molecule has 0 aliphatic carbocycles. The molecule has 0 radical (unpaired) electrons. The Morgan fingerprint density at radius 3 is 2.48 bits per heavy atom. The first-order valence-electron chi connectivity index (χ1n) is 6.80. The monoisotopic (exact) mass is 433 g/mol. The van der Waals surface area contributed by atoms with Gasteiger partial charge in [0.25, 0.3) is 0 Å². The van der Waals surface area contributed by atoms with Gasteiger partial charge in [0.05, 0.1) is 23.0 Å². The molecule has 1 atom stereocenters. The molecule has 2 aromatic carbocycles. The van der Waals surface area contributed by atoms with E-state index in [1.165, 1.54) is 0 Å². The third-order valence-corrected chi connectivity index (χ3v) is 5.68. The summed E-state index contributed by atoms with van der Waals surface area (Å²) in [4.78, 5) is 12.6. The number of carbonyl (C=O) groups excluding carboxylic acids is 1. The van der Waals surface area contributed by atoms with Gasteiger partial charge in [-0.05, 0) is 53.1 Å². The van der Waals surface area contributed by atoms with Crippen LogP contribution in [-0.4, -0.2) is 22.8 Å². The van der Waals surface area contributed by atoms with Gasteiger partial charge in [0.15, 0.2) is 4.90 Å². The SMILES string of the molecule is O=C(Cc1ccc(Cl)c(Cl)c1)NCC[S+]([O-])c1ccc(Br)cc1. The molecule has 0 aromatic heterocycles. The highest BCUT2D eigenvalue weighted by Crippen LogP contribution is 2.22. The summed E-state index contributed by atoms with van der Waals surface area (Å²) in [6, 6.07) is 12.4. The fourth-order valence-corrected chi connectivity index (χ4v) is 3.43.